The second-order valence-corrected chi connectivity index (χ2v) is 4.08. The maximum absolute atomic E-state index is 10.9. The minimum Gasteiger partial charge on any atom is -0.478 e. The van der Waals surface area contributed by atoms with Gasteiger partial charge in [-0.05, 0) is 0 Å². The van der Waals surface area contributed by atoms with E-state index < -0.39 is 5.97 Å². The number of aromatic amines is 1. The van der Waals surface area contributed by atoms with Gasteiger partial charge in [-0.1, -0.05) is 11.8 Å². The lowest BCUT2D eigenvalue weighted by molar-refractivity contribution is 0.0696. The Morgan fingerprint density at radius 1 is 1.69 bits per heavy atom. The summed E-state index contributed by atoms with van der Waals surface area (Å²) in [6, 6.07) is 0. The van der Waals surface area contributed by atoms with Gasteiger partial charge in [-0.15, -0.1) is 0 Å². The van der Waals surface area contributed by atoms with E-state index in [-0.39, 0.29) is 5.56 Å². The Balaban J connectivity index is 2.14. The molecule has 2 aromatic heterocycles. The summed E-state index contributed by atoms with van der Waals surface area (Å²) in [6.07, 6.45) is 4.74. The SMILES string of the molecule is Cn1ncc(C(=O)O)c1CSc1ncc[nH]1. The average Bonchev–Trinajstić information content (AvgIpc) is 2.84. The van der Waals surface area contributed by atoms with Crippen LogP contribution in [0.2, 0.25) is 0 Å². The lowest BCUT2D eigenvalue weighted by atomic mass is 10.3. The number of carboxylic acid groups (broad SMARTS) is 1. The molecule has 0 saturated heterocycles. The van der Waals surface area contributed by atoms with Crippen molar-refractivity contribution in [3.63, 3.8) is 0 Å². The molecule has 2 aromatic rings. The van der Waals surface area contributed by atoms with Crippen LogP contribution in [-0.2, 0) is 12.8 Å². The predicted molar refractivity (Wildman–Crippen MR) is 58.3 cm³/mol. The summed E-state index contributed by atoms with van der Waals surface area (Å²) in [4.78, 5) is 17.9. The normalized spacial score (nSPS) is 10.6. The van der Waals surface area contributed by atoms with Crippen LogP contribution in [0.4, 0.5) is 0 Å². The number of aryl methyl sites for hydroxylation is 1. The average molecular weight is 238 g/mol. The minimum absolute atomic E-state index is 0.238. The molecule has 0 fully saturated rings. The fraction of sp³-hybridized carbons (Fsp3) is 0.222. The second kappa shape index (κ2) is 4.40. The molecule has 2 N–H and O–H groups in total. The van der Waals surface area contributed by atoms with Gasteiger partial charge in [-0.3, -0.25) is 4.68 Å². The van der Waals surface area contributed by atoms with Gasteiger partial charge in [0.25, 0.3) is 0 Å². The van der Waals surface area contributed by atoms with Crippen molar-refractivity contribution < 1.29 is 9.90 Å². The number of hydrogen-bond acceptors (Lipinski definition) is 4. The molecule has 7 heteroatoms. The van der Waals surface area contributed by atoms with E-state index in [4.69, 9.17) is 5.11 Å². The van der Waals surface area contributed by atoms with Crippen LogP contribution in [0, 0.1) is 0 Å². The molecule has 0 unspecified atom stereocenters. The predicted octanol–water partition coefficient (Wildman–Crippen LogP) is 1.13. The van der Waals surface area contributed by atoms with Gasteiger partial charge in [0.1, 0.15) is 5.56 Å². The maximum atomic E-state index is 10.9. The van der Waals surface area contributed by atoms with Crippen molar-refractivity contribution in [1.82, 2.24) is 19.7 Å². The van der Waals surface area contributed by atoms with Crippen LogP contribution in [0.1, 0.15) is 16.1 Å². The van der Waals surface area contributed by atoms with Crippen molar-refractivity contribution in [3.8, 4) is 0 Å². The summed E-state index contributed by atoms with van der Waals surface area (Å²) in [5.74, 6) is -0.436. The Hall–Kier alpha value is -1.76. The van der Waals surface area contributed by atoms with Crippen LogP contribution in [0.15, 0.2) is 23.7 Å². The van der Waals surface area contributed by atoms with Crippen molar-refractivity contribution in [2.75, 3.05) is 0 Å². The molecule has 2 heterocycles. The van der Waals surface area contributed by atoms with E-state index in [0.29, 0.717) is 11.4 Å². The zero-order chi connectivity index (χ0) is 11.5. The second-order valence-electron chi connectivity index (χ2n) is 3.12. The highest BCUT2D eigenvalue weighted by Gasteiger charge is 2.15. The number of H-pyrrole nitrogens is 1. The molecule has 0 aliphatic heterocycles. The topological polar surface area (TPSA) is 83.8 Å². The van der Waals surface area contributed by atoms with Crippen molar-refractivity contribution in [2.24, 2.45) is 7.05 Å². The molecule has 0 atom stereocenters. The standard InChI is InChI=1S/C9H10N4O2S/c1-13-7(6(4-12-13)8(14)15)5-16-9-10-2-3-11-9/h2-4H,5H2,1H3,(H,10,11)(H,14,15). The van der Waals surface area contributed by atoms with E-state index in [0.717, 1.165) is 5.16 Å². The maximum Gasteiger partial charge on any atom is 0.339 e. The molecular weight excluding hydrogens is 228 g/mol. The van der Waals surface area contributed by atoms with E-state index in [2.05, 4.69) is 15.1 Å². The van der Waals surface area contributed by atoms with E-state index >= 15 is 0 Å². The molecule has 0 aliphatic rings. The van der Waals surface area contributed by atoms with Gasteiger partial charge in [-0.2, -0.15) is 5.10 Å². The Morgan fingerprint density at radius 2 is 2.50 bits per heavy atom. The van der Waals surface area contributed by atoms with Crippen molar-refractivity contribution >= 4 is 17.7 Å². The third kappa shape index (κ3) is 2.08. The molecule has 0 spiro atoms. The molecule has 16 heavy (non-hydrogen) atoms. The van der Waals surface area contributed by atoms with Gasteiger partial charge in [0, 0.05) is 25.2 Å². The monoisotopic (exact) mass is 238 g/mol. The lowest BCUT2D eigenvalue weighted by Crippen LogP contribution is -2.03. The van der Waals surface area contributed by atoms with Gasteiger partial charge in [0.2, 0.25) is 0 Å². The largest absolute Gasteiger partial charge is 0.478 e. The fourth-order valence-corrected chi connectivity index (χ4v) is 2.18. The number of carboxylic acids is 1. The minimum atomic E-state index is -0.955. The number of aromatic carboxylic acids is 1. The molecule has 0 aromatic carbocycles. The first-order valence-corrected chi connectivity index (χ1v) is 5.53. The first-order chi connectivity index (χ1) is 7.68. The number of hydrogen-bond donors (Lipinski definition) is 2. The summed E-state index contributed by atoms with van der Waals surface area (Å²) >= 11 is 1.44. The number of nitrogens with zero attached hydrogens (tertiary/aromatic N) is 3. The van der Waals surface area contributed by atoms with E-state index in [1.807, 2.05) is 0 Å². The van der Waals surface area contributed by atoms with E-state index in [1.165, 1.54) is 18.0 Å². The van der Waals surface area contributed by atoms with E-state index in [1.54, 1.807) is 24.1 Å². The molecule has 0 saturated carbocycles. The molecule has 0 amide bonds. The van der Waals surface area contributed by atoms with Crippen LogP contribution >= 0.6 is 11.8 Å². The highest BCUT2D eigenvalue weighted by Crippen LogP contribution is 2.20. The van der Waals surface area contributed by atoms with Gasteiger partial charge in [0.05, 0.1) is 11.9 Å². The Morgan fingerprint density at radius 3 is 3.12 bits per heavy atom. The highest BCUT2D eigenvalue weighted by molar-refractivity contribution is 7.98. The number of nitrogens with one attached hydrogen (secondary N) is 1. The molecule has 84 valence electrons. The zero-order valence-corrected chi connectivity index (χ0v) is 9.36. The Kier molecular flexibility index (Phi) is 2.95. The molecule has 6 nitrogen and oxygen atoms in total. The first-order valence-electron chi connectivity index (χ1n) is 4.55. The quantitative estimate of drug-likeness (QED) is 0.780. The van der Waals surface area contributed by atoms with Crippen molar-refractivity contribution in [3.05, 3.63) is 29.8 Å². The van der Waals surface area contributed by atoms with Crippen LogP contribution in [0.25, 0.3) is 0 Å². The highest BCUT2D eigenvalue weighted by atomic mass is 32.2. The number of aromatic nitrogens is 4. The van der Waals surface area contributed by atoms with Crippen molar-refractivity contribution in [2.45, 2.75) is 10.9 Å². The van der Waals surface area contributed by atoms with Gasteiger partial charge in [-0.25, -0.2) is 9.78 Å². The number of rotatable bonds is 4. The van der Waals surface area contributed by atoms with Gasteiger partial charge in [0.15, 0.2) is 5.16 Å². The Labute approximate surface area is 95.7 Å². The van der Waals surface area contributed by atoms with Gasteiger partial charge < -0.3 is 10.1 Å². The summed E-state index contributed by atoms with van der Waals surface area (Å²) < 4.78 is 1.57. The Bertz CT molecular complexity index is 492. The fourth-order valence-electron chi connectivity index (χ4n) is 1.28. The summed E-state index contributed by atoms with van der Waals surface area (Å²) in [5.41, 5.74) is 0.912. The van der Waals surface area contributed by atoms with Crippen LogP contribution in [0.5, 0.6) is 0 Å². The molecule has 0 aliphatic carbocycles. The summed E-state index contributed by atoms with van der Waals surface area (Å²) in [5, 5.41) is 13.6. The molecular formula is C9H10N4O2S. The third-order valence-electron chi connectivity index (χ3n) is 2.11. The first kappa shape index (κ1) is 10.7. The van der Waals surface area contributed by atoms with E-state index in [9.17, 15) is 4.79 Å². The van der Waals surface area contributed by atoms with Crippen LogP contribution in [0.3, 0.4) is 0 Å². The van der Waals surface area contributed by atoms with Gasteiger partial charge >= 0.3 is 5.97 Å². The summed E-state index contributed by atoms with van der Waals surface area (Å²) in [7, 11) is 1.73. The molecule has 0 bridgehead atoms. The van der Waals surface area contributed by atoms with Crippen molar-refractivity contribution in [1.29, 1.82) is 0 Å². The zero-order valence-electron chi connectivity index (χ0n) is 8.54. The smallest absolute Gasteiger partial charge is 0.339 e. The number of imidazole rings is 1. The molecule has 2 rings (SSSR count). The lowest BCUT2D eigenvalue weighted by Gasteiger charge is -2.01. The van der Waals surface area contributed by atoms with Crippen LogP contribution < -0.4 is 0 Å². The molecule has 0 radical (unpaired) electrons. The van der Waals surface area contributed by atoms with Crippen LogP contribution in [-0.4, -0.2) is 30.8 Å². The third-order valence-corrected chi connectivity index (χ3v) is 3.03. The summed E-state index contributed by atoms with van der Waals surface area (Å²) in [6.45, 7) is 0. The number of carbonyl (C=O) groups is 1. The number of thioether (sulfide) groups is 1.